The molecule has 1 saturated heterocycles. The number of morpholine rings is 1. The number of hydrogen-bond donors (Lipinski definition) is 2. The van der Waals surface area contributed by atoms with Gasteiger partial charge in [0.15, 0.2) is 0 Å². The fourth-order valence-electron chi connectivity index (χ4n) is 2.32. The summed E-state index contributed by atoms with van der Waals surface area (Å²) in [6.45, 7) is 5.87. The minimum absolute atomic E-state index is 0.496. The van der Waals surface area contributed by atoms with Crippen LogP contribution in [-0.2, 0) is 18.2 Å². The maximum Gasteiger partial charge on any atom is 0.0637 e. The van der Waals surface area contributed by atoms with Crippen LogP contribution in [0.2, 0.25) is 0 Å². The van der Waals surface area contributed by atoms with Crippen LogP contribution < -0.4 is 10.6 Å². The van der Waals surface area contributed by atoms with Crippen LogP contribution in [0.1, 0.15) is 19.0 Å². The quantitative estimate of drug-likeness (QED) is 0.765. The highest BCUT2D eigenvalue weighted by molar-refractivity contribution is 4.99. The number of aromatic nitrogens is 2. The average Bonchev–Trinajstić information content (AvgIpc) is 2.76. The van der Waals surface area contributed by atoms with Crippen molar-refractivity contribution < 1.29 is 4.74 Å². The van der Waals surface area contributed by atoms with E-state index in [9.17, 15) is 0 Å². The van der Waals surface area contributed by atoms with Crippen molar-refractivity contribution in [2.45, 2.75) is 31.8 Å². The molecule has 1 aliphatic rings. The molecule has 2 heterocycles. The summed E-state index contributed by atoms with van der Waals surface area (Å²) in [6.07, 6.45) is 4.09. The number of ether oxygens (including phenoxy) is 1. The minimum atomic E-state index is 0.496. The Morgan fingerprint density at radius 3 is 3.22 bits per heavy atom. The van der Waals surface area contributed by atoms with E-state index >= 15 is 0 Å². The van der Waals surface area contributed by atoms with Crippen molar-refractivity contribution >= 4 is 0 Å². The van der Waals surface area contributed by atoms with Crippen LogP contribution in [0.4, 0.5) is 0 Å². The maximum atomic E-state index is 5.46. The Labute approximate surface area is 109 Å². The zero-order valence-corrected chi connectivity index (χ0v) is 11.4. The van der Waals surface area contributed by atoms with Gasteiger partial charge in [-0.05, 0) is 19.4 Å². The van der Waals surface area contributed by atoms with Gasteiger partial charge in [0.2, 0.25) is 0 Å². The van der Waals surface area contributed by atoms with Crippen LogP contribution in [0.15, 0.2) is 12.3 Å². The topological polar surface area (TPSA) is 51.1 Å². The molecule has 0 radical (unpaired) electrons. The third kappa shape index (κ3) is 4.40. The number of rotatable bonds is 6. The number of nitrogens with one attached hydrogen (secondary N) is 2. The monoisotopic (exact) mass is 252 g/mol. The van der Waals surface area contributed by atoms with Crippen LogP contribution in [0.5, 0.6) is 0 Å². The summed E-state index contributed by atoms with van der Waals surface area (Å²) in [5.74, 6) is 0. The van der Waals surface area contributed by atoms with Gasteiger partial charge in [-0.1, -0.05) is 0 Å². The molecule has 2 unspecified atom stereocenters. The molecule has 1 fully saturated rings. The van der Waals surface area contributed by atoms with Gasteiger partial charge in [0.25, 0.3) is 0 Å². The van der Waals surface area contributed by atoms with E-state index in [4.69, 9.17) is 4.74 Å². The van der Waals surface area contributed by atoms with Crippen molar-refractivity contribution in [1.82, 2.24) is 20.4 Å². The van der Waals surface area contributed by atoms with Crippen LogP contribution in [-0.4, -0.2) is 48.2 Å². The van der Waals surface area contributed by atoms with Crippen molar-refractivity contribution in [2.24, 2.45) is 7.05 Å². The zero-order chi connectivity index (χ0) is 12.8. The highest BCUT2D eigenvalue weighted by Crippen LogP contribution is 2.02. The second-order valence-corrected chi connectivity index (χ2v) is 5.05. The molecule has 0 aliphatic carbocycles. The van der Waals surface area contributed by atoms with E-state index in [0.717, 1.165) is 44.8 Å². The first-order valence-corrected chi connectivity index (χ1v) is 6.77. The Hall–Kier alpha value is -0.910. The molecule has 2 N–H and O–H groups in total. The van der Waals surface area contributed by atoms with E-state index in [1.54, 1.807) is 0 Å². The van der Waals surface area contributed by atoms with E-state index in [-0.39, 0.29) is 0 Å². The van der Waals surface area contributed by atoms with Gasteiger partial charge in [-0.15, -0.1) is 0 Å². The maximum absolute atomic E-state index is 5.46. The zero-order valence-electron chi connectivity index (χ0n) is 11.4. The minimum Gasteiger partial charge on any atom is -0.379 e. The van der Waals surface area contributed by atoms with Crippen molar-refractivity contribution in [3.63, 3.8) is 0 Å². The van der Waals surface area contributed by atoms with E-state index in [2.05, 4.69) is 28.7 Å². The molecule has 0 aromatic carbocycles. The average molecular weight is 252 g/mol. The second-order valence-electron chi connectivity index (χ2n) is 5.05. The second kappa shape index (κ2) is 6.87. The van der Waals surface area contributed by atoms with Gasteiger partial charge in [0, 0.05) is 44.8 Å². The summed E-state index contributed by atoms with van der Waals surface area (Å²) >= 11 is 0. The van der Waals surface area contributed by atoms with Crippen molar-refractivity contribution in [3.8, 4) is 0 Å². The standard InChI is InChI=1S/C13H24N4O/c1-11(9-13-10-18-8-6-15-13)14-5-3-12-4-7-17(2)16-12/h4,7,11,13-15H,3,5-6,8-10H2,1-2H3. The molecule has 18 heavy (non-hydrogen) atoms. The predicted octanol–water partition coefficient (Wildman–Crippen LogP) is 0.319. The Morgan fingerprint density at radius 1 is 1.67 bits per heavy atom. The van der Waals surface area contributed by atoms with Crippen LogP contribution in [0.25, 0.3) is 0 Å². The first-order chi connectivity index (χ1) is 8.74. The van der Waals surface area contributed by atoms with Gasteiger partial charge in [-0.3, -0.25) is 4.68 Å². The Kier molecular flexibility index (Phi) is 5.16. The summed E-state index contributed by atoms with van der Waals surface area (Å²) < 4.78 is 7.31. The molecule has 0 amide bonds. The van der Waals surface area contributed by atoms with Gasteiger partial charge in [-0.2, -0.15) is 5.10 Å². The lowest BCUT2D eigenvalue weighted by atomic mass is 10.1. The predicted molar refractivity (Wildman–Crippen MR) is 71.6 cm³/mol. The number of aryl methyl sites for hydroxylation is 1. The lowest BCUT2D eigenvalue weighted by Crippen LogP contribution is -2.45. The first kappa shape index (κ1) is 13.5. The molecule has 0 saturated carbocycles. The van der Waals surface area contributed by atoms with E-state index in [1.807, 2.05) is 17.9 Å². The van der Waals surface area contributed by atoms with Crippen LogP contribution in [0.3, 0.4) is 0 Å². The molecule has 5 nitrogen and oxygen atoms in total. The number of hydrogen-bond acceptors (Lipinski definition) is 4. The largest absolute Gasteiger partial charge is 0.379 e. The molecule has 1 aliphatic heterocycles. The smallest absolute Gasteiger partial charge is 0.0637 e. The molecular weight excluding hydrogens is 228 g/mol. The molecule has 1 aromatic heterocycles. The van der Waals surface area contributed by atoms with Gasteiger partial charge >= 0.3 is 0 Å². The Bertz CT molecular complexity index is 347. The molecule has 0 bridgehead atoms. The van der Waals surface area contributed by atoms with Crippen molar-refractivity contribution in [1.29, 1.82) is 0 Å². The van der Waals surface area contributed by atoms with Gasteiger partial charge in [0.05, 0.1) is 18.9 Å². The fraction of sp³-hybridized carbons (Fsp3) is 0.769. The molecule has 2 atom stereocenters. The molecule has 0 spiro atoms. The third-order valence-corrected chi connectivity index (χ3v) is 3.28. The lowest BCUT2D eigenvalue weighted by molar-refractivity contribution is 0.0713. The van der Waals surface area contributed by atoms with E-state index in [0.29, 0.717) is 12.1 Å². The van der Waals surface area contributed by atoms with Crippen molar-refractivity contribution in [2.75, 3.05) is 26.3 Å². The molecular formula is C13H24N4O. The van der Waals surface area contributed by atoms with Gasteiger partial charge in [-0.25, -0.2) is 0 Å². The summed E-state index contributed by atoms with van der Waals surface area (Å²) in [6, 6.07) is 3.08. The SMILES string of the molecule is CC(CC1COCCN1)NCCc1ccn(C)n1. The van der Waals surface area contributed by atoms with Gasteiger partial charge in [0.1, 0.15) is 0 Å². The normalized spacial score (nSPS) is 22.0. The summed E-state index contributed by atoms with van der Waals surface area (Å²) in [5, 5.41) is 11.4. The van der Waals surface area contributed by atoms with Gasteiger partial charge < -0.3 is 15.4 Å². The van der Waals surface area contributed by atoms with E-state index in [1.165, 1.54) is 0 Å². The first-order valence-electron chi connectivity index (χ1n) is 6.77. The van der Waals surface area contributed by atoms with Crippen molar-refractivity contribution in [3.05, 3.63) is 18.0 Å². The Balaban J connectivity index is 1.60. The lowest BCUT2D eigenvalue weighted by Gasteiger charge is -2.26. The third-order valence-electron chi connectivity index (χ3n) is 3.28. The summed E-state index contributed by atoms with van der Waals surface area (Å²) in [4.78, 5) is 0. The molecule has 2 rings (SSSR count). The van der Waals surface area contributed by atoms with E-state index < -0.39 is 0 Å². The Morgan fingerprint density at radius 2 is 2.56 bits per heavy atom. The highest BCUT2D eigenvalue weighted by Gasteiger charge is 2.15. The molecule has 102 valence electrons. The molecule has 1 aromatic rings. The fourth-order valence-corrected chi connectivity index (χ4v) is 2.32. The molecule has 5 heteroatoms. The van der Waals surface area contributed by atoms with Crippen LogP contribution >= 0.6 is 0 Å². The van der Waals surface area contributed by atoms with Crippen LogP contribution in [0, 0.1) is 0 Å². The highest BCUT2D eigenvalue weighted by atomic mass is 16.5. The summed E-state index contributed by atoms with van der Waals surface area (Å²) in [5.41, 5.74) is 1.15. The summed E-state index contributed by atoms with van der Waals surface area (Å²) in [7, 11) is 1.95. The number of nitrogens with zero attached hydrogens (tertiary/aromatic N) is 2.